The minimum Gasteiger partial charge on any atom is -0.462 e. The van der Waals surface area contributed by atoms with Crippen molar-refractivity contribution in [1.29, 1.82) is 0 Å². The third-order valence-electron chi connectivity index (χ3n) is 4.20. The van der Waals surface area contributed by atoms with Crippen LogP contribution in [0.2, 0.25) is 0 Å². The Morgan fingerprint density at radius 1 is 1.30 bits per heavy atom. The number of anilines is 1. The fourth-order valence-electron chi connectivity index (χ4n) is 2.69. The van der Waals surface area contributed by atoms with Crippen molar-refractivity contribution in [3.05, 3.63) is 51.6 Å². The second-order valence-electron chi connectivity index (χ2n) is 5.99. The Bertz CT molecular complexity index is 1140. The van der Waals surface area contributed by atoms with Crippen molar-refractivity contribution in [2.45, 2.75) is 25.7 Å². The first-order chi connectivity index (χ1) is 12.7. The molecule has 0 saturated heterocycles. The van der Waals surface area contributed by atoms with Crippen LogP contribution in [0.25, 0.3) is 10.9 Å². The molecule has 3 rings (SSSR count). The summed E-state index contributed by atoms with van der Waals surface area (Å²) in [5.74, 6) is -0.570. The van der Waals surface area contributed by atoms with Gasteiger partial charge in [0.2, 0.25) is 0 Å². The summed E-state index contributed by atoms with van der Waals surface area (Å²) in [6.45, 7) is 5.52. The molecule has 27 heavy (non-hydrogen) atoms. The molecule has 0 amide bonds. The Kier molecular flexibility index (Phi) is 5.25. The number of ether oxygens (including phenoxy) is 1. The van der Waals surface area contributed by atoms with Crippen LogP contribution in [0.1, 0.15) is 28.4 Å². The normalized spacial score (nSPS) is 11.6. The van der Waals surface area contributed by atoms with Crippen LogP contribution in [0.15, 0.2) is 39.8 Å². The molecule has 1 heterocycles. The van der Waals surface area contributed by atoms with E-state index in [4.69, 9.17) is 4.74 Å². The molecule has 0 atom stereocenters. The van der Waals surface area contributed by atoms with E-state index in [1.165, 1.54) is 12.1 Å². The predicted octanol–water partition coefficient (Wildman–Crippen LogP) is 3.92. The Morgan fingerprint density at radius 2 is 2.04 bits per heavy atom. The lowest BCUT2D eigenvalue weighted by molar-refractivity contribution is 0.0525. The van der Waals surface area contributed by atoms with Crippen LogP contribution in [0.4, 0.5) is 5.69 Å². The number of aromatic amines is 1. The molecule has 2 N–H and O–H groups in total. The summed E-state index contributed by atoms with van der Waals surface area (Å²) in [5.41, 5.74) is 2.75. The monoisotopic (exact) mass is 451 g/mol. The molecule has 1 aromatic heterocycles. The number of hydrogen-bond acceptors (Lipinski definition) is 5. The van der Waals surface area contributed by atoms with Crippen molar-refractivity contribution in [2.24, 2.45) is 0 Å². The molecule has 0 spiro atoms. The van der Waals surface area contributed by atoms with Crippen molar-refractivity contribution in [3.63, 3.8) is 0 Å². The Hall–Kier alpha value is -2.39. The number of aryl methyl sites for hydroxylation is 1. The minimum atomic E-state index is -3.94. The molecule has 7 nitrogen and oxygen atoms in total. The average molecular weight is 452 g/mol. The lowest BCUT2D eigenvalue weighted by atomic mass is 10.1. The van der Waals surface area contributed by atoms with Crippen molar-refractivity contribution in [2.75, 3.05) is 11.3 Å². The molecule has 0 unspecified atom stereocenters. The van der Waals surface area contributed by atoms with Crippen LogP contribution >= 0.6 is 15.9 Å². The molecule has 0 saturated carbocycles. The highest BCUT2D eigenvalue weighted by Crippen LogP contribution is 2.29. The number of nitrogens with zero attached hydrogens (tertiary/aromatic N) is 1. The molecule has 142 valence electrons. The summed E-state index contributed by atoms with van der Waals surface area (Å²) in [5, 5.41) is 7.62. The zero-order valence-electron chi connectivity index (χ0n) is 15.0. The van der Waals surface area contributed by atoms with Gasteiger partial charge in [-0.15, -0.1) is 0 Å². The molecule has 9 heteroatoms. The molecule has 0 bridgehead atoms. The second-order valence-corrected chi connectivity index (χ2v) is 8.53. The molecule has 0 aliphatic rings. The molecule has 0 fully saturated rings. The van der Waals surface area contributed by atoms with E-state index in [2.05, 4.69) is 30.8 Å². The number of hydrogen-bond donors (Lipinski definition) is 2. The molecule has 0 aliphatic heterocycles. The molecule has 0 aliphatic carbocycles. The van der Waals surface area contributed by atoms with Crippen molar-refractivity contribution in [1.82, 2.24) is 10.2 Å². The first-order valence-electron chi connectivity index (χ1n) is 8.17. The van der Waals surface area contributed by atoms with E-state index in [-0.39, 0.29) is 17.1 Å². The van der Waals surface area contributed by atoms with E-state index in [1.54, 1.807) is 26.1 Å². The highest BCUT2D eigenvalue weighted by Gasteiger charge is 2.22. The van der Waals surface area contributed by atoms with Gasteiger partial charge in [-0.05, 0) is 50.1 Å². The van der Waals surface area contributed by atoms with Gasteiger partial charge in [-0.2, -0.15) is 5.10 Å². The van der Waals surface area contributed by atoms with Gasteiger partial charge >= 0.3 is 5.97 Å². The number of rotatable bonds is 5. The Morgan fingerprint density at radius 3 is 2.74 bits per heavy atom. The summed E-state index contributed by atoms with van der Waals surface area (Å²) < 4.78 is 33.9. The van der Waals surface area contributed by atoms with Gasteiger partial charge in [0.25, 0.3) is 10.0 Å². The van der Waals surface area contributed by atoms with Gasteiger partial charge in [0, 0.05) is 9.86 Å². The van der Waals surface area contributed by atoms with E-state index in [1.807, 2.05) is 13.0 Å². The fraction of sp³-hybridized carbons (Fsp3) is 0.222. The Balaban J connectivity index is 2.05. The zero-order chi connectivity index (χ0) is 19.8. The molecular weight excluding hydrogens is 434 g/mol. The van der Waals surface area contributed by atoms with Gasteiger partial charge in [-0.25, -0.2) is 13.2 Å². The lowest BCUT2D eigenvalue weighted by Gasteiger charge is -2.13. The van der Waals surface area contributed by atoms with Crippen molar-refractivity contribution in [3.8, 4) is 0 Å². The third-order valence-corrected chi connectivity index (χ3v) is 6.37. The van der Waals surface area contributed by atoms with E-state index in [0.717, 1.165) is 10.9 Å². The van der Waals surface area contributed by atoms with Gasteiger partial charge < -0.3 is 4.74 Å². The van der Waals surface area contributed by atoms with Crippen LogP contribution in [-0.2, 0) is 14.8 Å². The fourth-order valence-corrected chi connectivity index (χ4v) is 4.43. The van der Waals surface area contributed by atoms with Crippen LogP contribution in [0.3, 0.4) is 0 Å². The number of esters is 1. The van der Waals surface area contributed by atoms with Gasteiger partial charge in [0.1, 0.15) is 0 Å². The van der Waals surface area contributed by atoms with Crippen LogP contribution < -0.4 is 4.72 Å². The van der Waals surface area contributed by atoms with Crippen LogP contribution in [0, 0.1) is 13.8 Å². The number of aromatic nitrogens is 2. The highest BCUT2D eigenvalue weighted by atomic mass is 79.9. The maximum Gasteiger partial charge on any atom is 0.338 e. The van der Waals surface area contributed by atoms with Gasteiger partial charge in [0.05, 0.1) is 34.5 Å². The topological polar surface area (TPSA) is 101 Å². The summed E-state index contributed by atoms with van der Waals surface area (Å²) in [7, 11) is -3.94. The van der Waals surface area contributed by atoms with Gasteiger partial charge in [0.15, 0.2) is 0 Å². The van der Waals surface area contributed by atoms with E-state index in [0.29, 0.717) is 21.2 Å². The maximum atomic E-state index is 12.9. The maximum absolute atomic E-state index is 12.9. The molecular formula is C18H18BrN3O4S. The predicted molar refractivity (Wildman–Crippen MR) is 106 cm³/mol. The smallest absolute Gasteiger partial charge is 0.338 e. The molecule has 2 aromatic carbocycles. The number of carbonyl (C=O) groups is 1. The minimum absolute atomic E-state index is 0.0451. The van der Waals surface area contributed by atoms with E-state index in [9.17, 15) is 13.2 Å². The lowest BCUT2D eigenvalue weighted by Crippen LogP contribution is -2.15. The SMILES string of the molecule is CCOC(=O)c1cc(S(=O)(=O)Nc2ccc(C)c3cn[nH]c23)cc(Br)c1C. The standard InChI is InChI=1S/C18H18BrN3O4S/c1-4-26-18(23)13-7-12(8-15(19)11(13)3)27(24,25)22-16-6-5-10(2)14-9-20-21-17(14)16/h5-9,22H,4H2,1-3H3,(H,20,21). The molecule has 0 radical (unpaired) electrons. The summed E-state index contributed by atoms with van der Waals surface area (Å²) in [6, 6.07) is 6.26. The van der Waals surface area contributed by atoms with Crippen molar-refractivity contribution >= 4 is 48.5 Å². The number of benzene rings is 2. The Labute approximate surface area is 165 Å². The van der Waals surface area contributed by atoms with E-state index >= 15 is 0 Å². The number of carbonyl (C=O) groups excluding carboxylic acids is 1. The summed E-state index contributed by atoms with van der Waals surface area (Å²) >= 11 is 3.32. The number of sulfonamides is 1. The number of nitrogens with one attached hydrogen (secondary N) is 2. The quantitative estimate of drug-likeness (QED) is 0.572. The van der Waals surface area contributed by atoms with Crippen LogP contribution in [0.5, 0.6) is 0 Å². The molecule has 3 aromatic rings. The third kappa shape index (κ3) is 3.70. The zero-order valence-corrected chi connectivity index (χ0v) is 17.4. The highest BCUT2D eigenvalue weighted by molar-refractivity contribution is 9.10. The van der Waals surface area contributed by atoms with Crippen molar-refractivity contribution < 1.29 is 17.9 Å². The first kappa shape index (κ1) is 19.4. The van der Waals surface area contributed by atoms with E-state index < -0.39 is 16.0 Å². The van der Waals surface area contributed by atoms with Crippen LogP contribution in [-0.4, -0.2) is 31.2 Å². The largest absolute Gasteiger partial charge is 0.462 e. The average Bonchev–Trinajstić information content (AvgIpc) is 3.10. The summed E-state index contributed by atoms with van der Waals surface area (Å²) in [4.78, 5) is 12.1. The first-order valence-corrected chi connectivity index (χ1v) is 10.4. The number of fused-ring (bicyclic) bond motifs is 1. The van der Waals surface area contributed by atoms with Gasteiger partial charge in [-0.3, -0.25) is 9.82 Å². The second kappa shape index (κ2) is 7.32. The number of halogens is 1. The van der Waals surface area contributed by atoms with Gasteiger partial charge in [-0.1, -0.05) is 22.0 Å². The number of H-pyrrole nitrogens is 1. The summed E-state index contributed by atoms with van der Waals surface area (Å²) in [6.07, 6.45) is 1.64.